The summed E-state index contributed by atoms with van der Waals surface area (Å²) in [7, 11) is 1.89. The minimum absolute atomic E-state index is 0.123. The van der Waals surface area contributed by atoms with E-state index in [0.717, 1.165) is 25.8 Å². The first-order valence-corrected chi connectivity index (χ1v) is 3.50. The van der Waals surface area contributed by atoms with Crippen LogP contribution in [0.3, 0.4) is 0 Å². The van der Waals surface area contributed by atoms with Crippen LogP contribution in [0.1, 0.15) is 12.8 Å². The maximum Gasteiger partial charge on any atom is 0.302 e. The maximum absolute atomic E-state index is 10.6. The Morgan fingerprint density at radius 1 is 1.80 bits per heavy atom. The Kier molecular flexibility index (Phi) is 1.78. The van der Waals surface area contributed by atoms with Gasteiger partial charge in [0.05, 0.1) is 13.6 Å². The van der Waals surface area contributed by atoms with Crippen molar-refractivity contribution in [1.82, 2.24) is 0 Å². The normalized spacial score (nSPS) is 39.0. The van der Waals surface area contributed by atoms with Gasteiger partial charge in [-0.1, -0.05) is 0 Å². The zero-order chi connectivity index (χ0) is 7.61. The van der Waals surface area contributed by atoms with Crippen molar-refractivity contribution in [3.8, 4) is 12.3 Å². The minimum Gasteiger partial charge on any atom is -0.253 e. The molecule has 1 aliphatic heterocycles. The van der Waals surface area contributed by atoms with E-state index in [1.807, 2.05) is 7.05 Å². The smallest absolute Gasteiger partial charge is 0.253 e. The van der Waals surface area contributed by atoms with E-state index in [4.69, 9.17) is 6.42 Å². The number of hydrogen-bond donors (Lipinski definition) is 0. The topological polar surface area (TPSA) is 17.1 Å². The highest BCUT2D eigenvalue weighted by Gasteiger charge is 2.36. The molecule has 0 spiro atoms. The summed E-state index contributed by atoms with van der Waals surface area (Å²) in [6.07, 6.45) is 8.28. The van der Waals surface area contributed by atoms with Gasteiger partial charge in [0, 0.05) is 12.8 Å². The Labute approximate surface area is 61.4 Å². The molecule has 0 aromatic heterocycles. The highest BCUT2D eigenvalue weighted by atomic mass is 16.1. The molecule has 1 rings (SSSR count). The van der Waals surface area contributed by atoms with Gasteiger partial charge in [-0.15, -0.1) is 6.42 Å². The number of nitrogens with zero attached hydrogens (tertiary/aromatic N) is 1. The second-order valence-electron chi connectivity index (χ2n) is 3.00. The lowest BCUT2D eigenvalue weighted by Crippen LogP contribution is -2.45. The first kappa shape index (κ1) is 7.30. The van der Waals surface area contributed by atoms with E-state index in [1.54, 1.807) is 0 Å². The van der Waals surface area contributed by atoms with Gasteiger partial charge in [0.15, 0.2) is 6.04 Å². The van der Waals surface area contributed by atoms with Gasteiger partial charge in [-0.05, 0) is 5.92 Å². The molecular formula is C8H12NO+. The molecule has 1 saturated heterocycles. The summed E-state index contributed by atoms with van der Waals surface area (Å²) < 4.78 is 0.413. The van der Waals surface area contributed by atoms with Crippen LogP contribution in [0.2, 0.25) is 0 Å². The van der Waals surface area contributed by atoms with Crippen LogP contribution in [0.5, 0.6) is 0 Å². The average Bonchev–Trinajstić information content (AvgIpc) is 2.32. The van der Waals surface area contributed by atoms with Crippen molar-refractivity contribution < 1.29 is 9.28 Å². The Bertz CT molecular complexity index is 182. The van der Waals surface area contributed by atoms with Crippen molar-refractivity contribution in [2.45, 2.75) is 18.9 Å². The van der Waals surface area contributed by atoms with Gasteiger partial charge in [0.2, 0.25) is 0 Å². The summed E-state index contributed by atoms with van der Waals surface area (Å²) in [4.78, 5) is 10.6. The van der Waals surface area contributed by atoms with Crippen molar-refractivity contribution in [3.05, 3.63) is 0 Å². The van der Waals surface area contributed by atoms with Crippen LogP contribution in [0.15, 0.2) is 0 Å². The van der Waals surface area contributed by atoms with Crippen molar-refractivity contribution >= 4 is 6.41 Å². The van der Waals surface area contributed by atoms with Gasteiger partial charge in [-0.3, -0.25) is 4.48 Å². The molecule has 2 atom stereocenters. The summed E-state index contributed by atoms with van der Waals surface area (Å²) in [6, 6.07) is 0.123. The molecular weight excluding hydrogens is 126 g/mol. The number of carbonyl (C=O) groups excluding carboxylic acids is 1. The van der Waals surface area contributed by atoms with Gasteiger partial charge in [0.25, 0.3) is 0 Å². The molecule has 54 valence electrons. The molecule has 1 heterocycles. The fourth-order valence-electron chi connectivity index (χ4n) is 1.46. The molecule has 2 heteroatoms. The van der Waals surface area contributed by atoms with Crippen molar-refractivity contribution in [3.63, 3.8) is 0 Å². The van der Waals surface area contributed by atoms with Crippen LogP contribution in [-0.2, 0) is 4.79 Å². The molecule has 0 saturated carbocycles. The average molecular weight is 138 g/mol. The molecule has 1 aliphatic rings. The van der Waals surface area contributed by atoms with Crippen LogP contribution in [0.4, 0.5) is 0 Å². The highest BCUT2D eigenvalue weighted by Crippen LogP contribution is 2.21. The molecule has 1 fully saturated rings. The first-order valence-electron chi connectivity index (χ1n) is 3.50. The molecule has 0 bridgehead atoms. The molecule has 10 heavy (non-hydrogen) atoms. The fourth-order valence-corrected chi connectivity index (χ4v) is 1.46. The number of carbonyl (C=O) groups is 1. The number of hydrogen-bond acceptors (Lipinski definition) is 1. The predicted molar refractivity (Wildman–Crippen MR) is 39.0 cm³/mol. The van der Waals surface area contributed by atoms with Crippen LogP contribution in [0.25, 0.3) is 0 Å². The van der Waals surface area contributed by atoms with E-state index in [1.165, 1.54) is 0 Å². The van der Waals surface area contributed by atoms with E-state index in [-0.39, 0.29) is 6.04 Å². The quantitative estimate of drug-likeness (QED) is 0.291. The fraction of sp³-hybridized carbons (Fsp3) is 0.625. The van der Waals surface area contributed by atoms with Crippen LogP contribution in [-0.4, -0.2) is 30.5 Å². The number of likely N-dealkylation sites (tertiary alicyclic amines) is 1. The molecule has 2 nitrogen and oxygen atoms in total. The number of amides is 1. The summed E-state index contributed by atoms with van der Waals surface area (Å²) in [6.45, 7) is 0.901. The Balaban J connectivity index is 2.77. The van der Waals surface area contributed by atoms with E-state index < -0.39 is 0 Å². The Morgan fingerprint density at radius 3 is 2.90 bits per heavy atom. The van der Waals surface area contributed by atoms with Gasteiger partial charge in [0.1, 0.15) is 0 Å². The molecule has 0 aliphatic carbocycles. The number of terminal acetylenes is 1. The summed E-state index contributed by atoms with van der Waals surface area (Å²) in [5, 5.41) is 0. The third-order valence-electron chi connectivity index (χ3n) is 2.26. The Morgan fingerprint density at radius 2 is 2.50 bits per heavy atom. The largest absolute Gasteiger partial charge is 0.302 e. The third-order valence-corrected chi connectivity index (χ3v) is 2.26. The van der Waals surface area contributed by atoms with Crippen LogP contribution >= 0.6 is 0 Å². The monoisotopic (exact) mass is 138 g/mol. The van der Waals surface area contributed by atoms with Gasteiger partial charge in [-0.25, -0.2) is 4.79 Å². The van der Waals surface area contributed by atoms with E-state index in [0.29, 0.717) is 4.48 Å². The lowest BCUT2D eigenvalue weighted by molar-refractivity contribution is -0.829. The van der Waals surface area contributed by atoms with Crippen LogP contribution in [0, 0.1) is 12.3 Å². The lowest BCUT2D eigenvalue weighted by atomic mass is 10.2. The van der Waals surface area contributed by atoms with Gasteiger partial charge >= 0.3 is 6.41 Å². The molecule has 0 aromatic rings. The van der Waals surface area contributed by atoms with E-state index >= 15 is 0 Å². The first-order chi connectivity index (χ1) is 4.73. The van der Waals surface area contributed by atoms with Crippen molar-refractivity contribution in [1.29, 1.82) is 0 Å². The zero-order valence-corrected chi connectivity index (χ0v) is 6.21. The second kappa shape index (κ2) is 2.43. The lowest BCUT2D eigenvalue weighted by Gasteiger charge is -2.24. The number of rotatable bonds is 1. The predicted octanol–water partition coefficient (Wildman–Crippen LogP) is 0.385. The van der Waals surface area contributed by atoms with Gasteiger partial charge < -0.3 is 0 Å². The molecule has 0 radical (unpaired) electrons. The van der Waals surface area contributed by atoms with E-state index in [9.17, 15) is 4.79 Å². The zero-order valence-electron chi connectivity index (χ0n) is 6.21. The standard InChI is InChI=1S/C8H12NO/c1-3-8-5-4-6-9(8,2)7-10/h1,7-8H,4-6H2,2H3/q+1. The van der Waals surface area contributed by atoms with Crippen molar-refractivity contribution in [2.75, 3.05) is 13.6 Å². The summed E-state index contributed by atoms with van der Waals surface area (Å²) in [5.74, 6) is 2.65. The van der Waals surface area contributed by atoms with Crippen LogP contribution < -0.4 is 0 Å². The third kappa shape index (κ3) is 0.932. The maximum atomic E-state index is 10.6. The second-order valence-corrected chi connectivity index (χ2v) is 3.00. The summed E-state index contributed by atoms with van der Waals surface area (Å²) in [5.41, 5.74) is 0. The number of quaternary nitrogens is 1. The van der Waals surface area contributed by atoms with E-state index in [2.05, 4.69) is 5.92 Å². The highest BCUT2D eigenvalue weighted by molar-refractivity contribution is 5.39. The molecule has 0 aromatic carbocycles. The Hall–Kier alpha value is -0.810. The minimum atomic E-state index is 0.123. The molecule has 2 unspecified atom stereocenters. The SMILES string of the molecule is C#CC1CCC[N+]1(C)C=O. The molecule has 0 N–H and O–H groups in total. The van der Waals surface area contributed by atoms with Gasteiger partial charge in [-0.2, -0.15) is 0 Å². The summed E-state index contributed by atoms with van der Waals surface area (Å²) >= 11 is 0. The molecule has 1 amide bonds. The van der Waals surface area contributed by atoms with Crippen molar-refractivity contribution in [2.24, 2.45) is 0 Å².